The predicted octanol–water partition coefficient (Wildman–Crippen LogP) is 0.663. The molecular formula is C2H6B2S. The van der Waals surface area contributed by atoms with E-state index in [1.807, 2.05) is 6.82 Å². The minimum atomic E-state index is 0.356. The van der Waals surface area contributed by atoms with E-state index in [4.69, 9.17) is 7.85 Å². The van der Waals surface area contributed by atoms with E-state index in [1.165, 1.54) is 0 Å². The van der Waals surface area contributed by atoms with Crippen LogP contribution in [0.3, 0.4) is 0 Å². The third kappa shape index (κ3) is 4.48. The maximum atomic E-state index is 5.09. The molecule has 0 aromatic heterocycles. The summed E-state index contributed by atoms with van der Waals surface area (Å²) in [5.41, 5.74) is 0. The van der Waals surface area contributed by atoms with Gasteiger partial charge in [-0.1, -0.05) is 13.0 Å². The average Bonchev–Trinajstić information content (AvgIpc) is 1.38. The van der Waals surface area contributed by atoms with Crippen molar-refractivity contribution in [2.24, 2.45) is 0 Å². The third-order valence-electron chi connectivity index (χ3n) is 0.341. The van der Waals surface area contributed by atoms with Crippen LogP contribution in [-0.2, 0) is 0 Å². The Bertz CT molecular complexity index is 21.6. The van der Waals surface area contributed by atoms with Gasteiger partial charge in [0.05, 0.1) is 7.85 Å². The van der Waals surface area contributed by atoms with Crippen LogP contribution < -0.4 is 0 Å². The molecule has 0 spiro atoms. The third-order valence-corrected chi connectivity index (χ3v) is 0.552. The van der Waals surface area contributed by atoms with Gasteiger partial charge in [0.25, 0.3) is 0 Å². The van der Waals surface area contributed by atoms with Crippen LogP contribution in [0.15, 0.2) is 0 Å². The molecule has 0 N–H and O–H groups in total. The van der Waals surface area contributed by atoms with Crippen molar-refractivity contribution in [3.05, 3.63) is 0 Å². The molecule has 0 atom stereocenters. The molecule has 0 saturated carbocycles. The molecule has 0 aliphatic rings. The molecule has 0 aliphatic heterocycles. The molecule has 0 fully saturated rings. The number of thiol groups is 1. The highest BCUT2D eigenvalue weighted by molar-refractivity contribution is 8.10. The fourth-order valence-electron chi connectivity index (χ4n) is 0. The second kappa shape index (κ2) is 2.70. The highest BCUT2D eigenvalue weighted by atomic mass is 32.1. The van der Waals surface area contributed by atoms with E-state index in [-0.39, 0.29) is 0 Å². The molecule has 0 unspecified atom stereocenters. The van der Waals surface area contributed by atoms with Crippen LogP contribution in [0.2, 0.25) is 13.0 Å². The molecular weight excluding hydrogens is 77.7 g/mol. The molecule has 26 valence electrons. The molecule has 0 rings (SSSR count). The van der Waals surface area contributed by atoms with Crippen molar-refractivity contribution in [3.63, 3.8) is 0 Å². The molecule has 0 nitrogen and oxygen atoms in total. The smallest absolute Gasteiger partial charge is 0.193 e. The number of hydrogen-bond donors (Lipinski definition) is 1. The first kappa shape index (κ1) is 5.48. The van der Waals surface area contributed by atoms with Crippen molar-refractivity contribution in [1.82, 2.24) is 0 Å². The first-order valence-electron chi connectivity index (χ1n) is 1.65. The normalized spacial score (nSPS) is 7.60. The van der Waals surface area contributed by atoms with Crippen LogP contribution in [0.25, 0.3) is 0 Å². The molecule has 0 saturated heterocycles. The van der Waals surface area contributed by atoms with Gasteiger partial charge in [-0.3, -0.25) is 0 Å². The quantitative estimate of drug-likeness (QED) is 0.350. The molecule has 0 aromatic carbocycles. The lowest BCUT2D eigenvalue weighted by atomic mass is 9.66. The van der Waals surface area contributed by atoms with E-state index in [0.29, 0.717) is 12.2 Å². The summed E-state index contributed by atoms with van der Waals surface area (Å²) in [7, 11) is 5.09. The monoisotopic (exact) mass is 84.0 g/mol. The zero-order chi connectivity index (χ0) is 4.28. The van der Waals surface area contributed by atoms with Crippen molar-refractivity contribution in [1.29, 1.82) is 0 Å². The fourth-order valence-corrected chi connectivity index (χ4v) is 0. The highest BCUT2D eigenvalue weighted by Crippen LogP contribution is 1.87. The van der Waals surface area contributed by atoms with Crippen LogP contribution in [0.5, 0.6) is 0 Å². The maximum absolute atomic E-state index is 5.09. The van der Waals surface area contributed by atoms with E-state index in [9.17, 15) is 0 Å². The standard InChI is InChI=1S/C2H6B2S/c1-4(5)2-3/h5H,2H2,1H3. The second-order valence-electron chi connectivity index (χ2n) is 1.08. The van der Waals surface area contributed by atoms with Gasteiger partial charge in [0, 0.05) is 0 Å². The summed E-state index contributed by atoms with van der Waals surface area (Å²) in [6.45, 7) is 1.96. The average molecular weight is 83.8 g/mol. The lowest BCUT2D eigenvalue weighted by Crippen LogP contribution is -1.92. The van der Waals surface area contributed by atoms with Crippen molar-refractivity contribution in [3.8, 4) is 0 Å². The Morgan fingerprint density at radius 3 is 2.20 bits per heavy atom. The molecule has 3 heteroatoms. The first-order chi connectivity index (χ1) is 2.27. The van der Waals surface area contributed by atoms with Crippen molar-refractivity contribution < 1.29 is 0 Å². The van der Waals surface area contributed by atoms with Gasteiger partial charge in [-0.15, -0.1) is 0 Å². The Hall–Kier alpha value is 0.480. The van der Waals surface area contributed by atoms with Crippen molar-refractivity contribution >= 4 is 26.3 Å². The van der Waals surface area contributed by atoms with Crippen LogP contribution in [0.1, 0.15) is 0 Å². The minimum absolute atomic E-state index is 0.356. The number of hydrogen-bond acceptors (Lipinski definition) is 1. The van der Waals surface area contributed by atoms with E-state index in [0.717, 1.165) is 0 Å². The fraction of sp³-hybridized carbons (Fsp3) is 1.00. The Morgan fingerprint density at radius 2 is 2.20 bits per heavy atom. The summed E-state index contributed by atoms with van der Waals surface area (Å²) < 4.78 is 0. The summed E-state index contributed by atoms with van der Waals surface area (Å²) in [5.74, 6) is 0.356. The Kier molecular flexibility index (Phi) is 2.96. The van der Waals surface area contributed by atoms with Crippen LogP contribution in [0.4, 0.5) is 0 Å². The Balaban J connectivity index is 2.54. The van der Waals surface area contributed by atoms with Crippen LogP contribution in [-0.4, -0.2) is 13.8 Å². The van der Waals surface area contributed by atoms with Crippen LogP contribution in [0, 0.1) is 0 Å². The van der Waals surface area contributed by atoms with Gasteiger partial charge < -0.3 is 0 Å². The van der Waals surface area contributed by atoms with Crippen LogP contribution >= 0.6 is 12.5 Å². The maximum Gasteiger partial charge on any atom is 0.193 e. The first-order valence-corrected chi connectivity index (χ1v) is 2.17. The summed E-state index contributed by atoms with van der Waals surface area (Å²) in [6, 6.07) is 0. The van der Waals surface area contributed by atoms with Gasteiger partial charge in [0.1, 0.15) is 0 Å². The van der Waals surface area contributed by atoms with E-state index >= 15 is 0 Å². The molecule has 2 radical (unpaired) electrons. The molecule has 0 aromatic rings. The van der Waals surface area contributed by atoms with E-state index < -0.39 is 0 Å². The topological polar surface area (TPSA) is 0 Å². The van der Waals surface area contributed by atoms with Crippen molar-refractivity contribution in [2.45, 2.75) is 13.0 Å². The lowest BCUT2D eigenvalue weighted by Gasteiger charge is -1.83. The van der Waals surface area contributed by atoms with Gasteiger partial charge in [-0.05, 0) is 0 Å². The molecule has 5 heavy (non-hydrogen) atoms. The second-order valence-corrected chi connectivity index (χ2v) is 1.97. The van der Waals surface area contributed by atoms with Gasteiger partial charge in [-0.2, -0.15) is 0 Å². The SMILES string of the molecule is [B]CB(C)S. The summed E-state index contributed by atoms with van der Waals surface area (Å²) in [6.07, 6.45) is 0.670. The van der Waals surface area contributed by atoms with Gasteiger partial charge in [0.15, 0.2) is 5.99 Å². The minimum Gasteiger partial charge on any atom is -0.228 e. The van der Waals surface area contributed by atoms with Gasteiger partial charge in [0.2, 0.25) is 0 Å². The Morgan fingerprint density at radius 1 is 2.00 bits per heavy atom. The highest BCUT2D eigenvalue weighted by Gasteiger charge is 1.88. The molecule has 0 bridgehead atoms. The lowest BCUT2D eigenvalue weighted by molar-refractivity contribution is 1.98. The zero-order valence-electron chi connectivity index (χ0n) is 3.31. The summed E-state index contributed by atoms with van der Waals surface area (Å²) >= 11 is 3.97. The van der Waals surface area contributed by atoms with E-state index in [2.05, 4.69) is 12.5 Å². The predicted molar refractivity (Wildman–Crippen MR) is 31.2 cm³/mol. The Labute approximate surface area is 40.1 Å². The number of rotatable bonds is 1. The molecule has 0 heterocycles. The molecule has 0 aliphatic carbocycles. The zero-order valence-corrected chi connectivity index (χ0v) is 4.20. The summed E-state index contributed by atoms with van der Waals surface area (Å²) in [5, 5.41) is 0. The van der Waals surface area contributed by atoms with Gasteiger partial charge >= 0.3 is 0 Å². The summed E-state index contributed by atoms with van der Waals surface area (Å²) in [4.78, 5) is 0. The molecule has 0 amide bonds. The van der Waals surface area contributed by atoms with Crippen molar-refractivity contribution in [2.75, 3.05) is 0 Å². The van der Waals surface area contributed by atoms with E-state index in [1.54, 1.807) is 0 Å². The largest absolute Gasteiger partial charge is 0.228 e. The van der Waals surface area contributed by atoms with Gasteiger partial charge in [-0.25, -0.2) is 12.5 Å².